The van der Waals surface area contributed by atoms with Crippen LogP contribution in [0.15, 0.2) is 12.2 Å². The summed E-state index contributed by atoms with van der Waals surface area (Å²) in [7, 11) is 0. The van der Waals surface area contributed by atoms with Crippen LogP contribution in [0.1, 0.15) is 27.7 Å². The zero-order chi connectivity index (χ0) is 10.1. The number of hydrogen-bond donors (Lipinski definition) is 1. The van der Waals surface area contributed by atoms with E-state index < -0.39 is 0 Å². The minimum atomic E-state index is 0.598. The van der Waals surface area contributed by atoms with Gasteiger partial charge in [-0.15, -0.1) is 0 Å². The van der Waals surface area contributed by atoms with Gasteiger partial charge in [-0.3, -0.25) is 4.90 Å². The second-order valence-corrected chi connectivity index (χ2v) is 3.57. The molecule has 0 heterocycles. The highest BCUT2D eigenvalue weighted by Crippen LogP contribution is 1.88. The average molecular weight is 184 g/mol. The third-order valence-corrected chi connectivity index (χ3v) is 2.03. The largest absolute Gasteiger partial charge is 0.313 e. The number of allylic oxidation sites excluding steroid dienone is 1. The monoisotopic (exact) mass is 184 g/mol. The van der Waals surface area contributed by atoms with E-state index in [9.17, 15) is 0 Å². The zero-order valence-corrected chi connectivity index (χ0v) is 9.51. The summed E-state index contributed by atoms with van der Waals surface area (Å²) < 4.78 is 0. The van der Waals surface area contributed by atoms with Crippen LogP contribution in [0.3, 0.4) is 0 Å². The lowest BCUT2D eigenvalue weighted by atomic mass is 10.3. The third-order valence-electron chi connectivity index (χ3n) is 2.03. The number of rotatable bonds is 7. The molecule has 2 heteroatoms. The molecule has 0 aliphatic carbocycles. The first-order valence-electron chi connectivity index (χ1n) is 5.27. The van der Waals surface area contributed by atoms with Gasteiger partial charge in [0.05, 0.1) is 0 Å². The highest BCUT2D eigenvalue weighted by atomic mass is 15.1. The molecular formula is C11H24N2. The van der Waals surface area contributed by atoms with E-state index in [-0.39, 0.29) is 0 Å². The van der Waals surface area contributed by atoms with Crippen LogP contribution in [0, 0.1) is 0 Å². The molecule has 0 fully saturated rings. The zero-order valence-electron chi connectivity index (χ0n) is 9.51. The van der Waals surface area contributed by atoms with Crippen molar-refractivity contribution in [3.05, 3.63) is 12.2 Å². The van der Waals surface area contributed by atoms with E-state index in [0.29, 0.717) is 6.04 Å². The molecule has 0 rings (SSSR count). The molecule has 1 N–H and O–H groups in total. The molecular weight excluding hydrogens is 160 g/mol. The number of nitrogens with one attached hydrogen (secondary N) is 1. The average Bonchev–Trinajstić information content (AvgIpc) is 2.10. The van der Waals surface area contributed by atoms with E-state index in [0.717, 1.165) is 26.2 Å². The molecule has 0 spiro atoms. The molecule has 0 radical (unpaired) electrons. The van der Waals surface area contributed by atoms with E-state index in [2.05, 4.69) is 50.1 Å². The molecule has 0 atom stereocenters. The van der Waals surface area contributed by atoms with Crippen LogP contribution in [-0.2, 0) is 0 Å². The Kier molecular flexibility index (Phi) is 8.05. The fourth-order valence-corrected chi connectivity index (χ4v) is 1.14. The maximum absolute atomic E-state index is 3.42. The van der Waals surface area contributed by atoms with Crippen molar-refractivity contribution >= 4 is 0 Å². The van der Waals surface area contributed by atoms with Crippen LogP contribution in [0.4, 0.5) is 0 Å². The first-order valence-corrected chi connectivity index (χ1v) is 5.27. The highest BCUT2D eigenvalue weighted by molar-refractivity contribution is 4.81. The molecule has 0 aromatic heterocycles. The fraction of sp³-hybridized carbons (Fsp3) is 0.818. The molecule has 0 amide bonds. The van der Waals surface area contributed by atoms with Crippen LogP contribution in [0.5, 0.6) is 0 Å². The SMILES string of the molecule is C/C=C/CN(CC)CCNC(C)C. The van der Waals surface area contributed by atoms with Crippen LogP contribution in [0.25, 0.3) is 0 Å². The Balaban J connectivity index is 3.47. The summed E-state index contributed by atoms with van der Waals surface area (Å²) in [6.07, 6.45) is 4.32. The molecule has 0 aliphatic heterocycles. The van der Waals surface area contributed by atoms with Gasteiger partial charge in [0.25, 0.3) is 0 Å². The van der Waals surface area contributed by atoms with Gasteiger partial charge in [-0.25, -0.2) is 0 Å². The second kappa shape index (κ2) is 8.27. The van der Waals surface area contributed by atoms with Gasteiger partial charge in [-0.2, -0.15) is 0 Å². The fourth-order valence-electron chi connectivity index (χ4n) is 1.14. The number of likely N-dealkylation sites (N-methyl/N-ethyl adjacent to an activating group) is 1. The summed E-state index contributed by atoms with van der Waals surface area (Å²) in [5.74, 6) is 0. The summed E-state index contributed by atoms with van der Waals surface area (Å²) >= 11 is 0. The van der Waals surface area contributed by atoms with Gasteiger partial charge in [0, 0.05) is 25.7 Å². The van der Waals surface area contributed by atoms with E-state index in [1.54, 1.807) is 0 Å². The third kappa shape index (κ3) is 8.00. The van der Waals surface area contributed by atoms with E-state index in [4.69, 9.17) is 0 Å². The number of hydrogen-bond acceptors (Lipinski definition) is 2. The predicted molar refractivity (Wildman–Crippen MR) is 60.1 cm³/mol. The van der Waals surface area contributed by atoms with Crippen molar-refractivity contribution in [2.24, 2.45) is 0 Å². The second-order valence-electron chi connectivity index (χ2n) is 3.57. The normalized spacial score (nSPS) is 12.2. The van der Waals surface area contributed by atoms with Crippen molar-refractivity contribution < 1.29 is 0 Å². The number of nitrogens with zero attached hydrogens (tertiary/aromatic N) is 1. The summed E-state index contributed by atoms with van der Waals surface area (Å²) in [5.41, 5.74) is 0. The Morgan fingerprint density at radius 1 is 1.38 bits per heavy atom. The van der Waals surface area contributed by atoms with Crippen molar-refractivity contribution in [2.45, 2.75) is 33.7 Å². The molecule has 0 aliphatic rings. The van der Waals surface area contributed by atoms with Crippen molar-refractivity contribution in [3.63, 3.8) is 0 Å². The molecule has 0 saturated carbocycles. The molecule has 13 heavy (non-hydrogen) atoms. The van der Waals surface area contributed by atoms with E-state index in [1.807, 2.05) is 0 Å². The van der Waals surface area contributed by atoms with Gasteiger partial charge < -0.3 is 5.32 Å². The van der Waals surface area contributed by atoms with Crippen LogP contribution < -0.4 is 5.32 Å². The summed E-state index contributed by atoms with van der Waals surface area (Å²) in [4.78, 5) is 2.43. The Labute approximate surface area is 83.0 Å². The van der Waals surface area contributed by atoms with Gasteiger partial charge in [0.15, 0.2) is 0 Å². The predicted octanol–water partition coefficient (Wildman–Crippen LogP) is 1.88. The smallest absolute Gasteiger partial charge is 0.0163 e. The Bertz CT molecular complexity index is 130. The first-order chi connectivity index (χ1) is 6.20. The molecule has 0 aromatic rings. The quantitative estimate of drug-likeness (QED) is 0.608. The van der Waals surface area contributed by atoms with Crippen molar-refractivity contribution in [1.82, 2.24) is 10.2 Å². The van der Waals surface area contributed by atoms with Crippen LogP contribution in [0.2, 0.25) is 0 Å². The molecule has 0 bridgehead atoms. The molecule has 0 saturated heterocycles. The van der Waals surface area contributed by atoms with Gasteiger partial charge in [0.1, 0.15) is 0 Å². The Morgan fingerprint density at radius 3 is 2.54 bits per heavy atom. The summed E-state index contributed by atoms with van der Waals surface area (Å²) in [6.45, 7) is 13.1. The molecule has 0 aromatic carbocycles. The van der Waals surface area contributed by atoms with Crippen LogP contribution >= 0.6 is 0 Å². The minimum absolute atomic E-state index is 0.598. The summed E-state index contributed by atoms with van der Waals surface area (Å²) in [6, 6.07) is 0.598. The van der Waals surface area contributed by atoms with Gasteiger partial charge in [-0.1, -0.05) is 32.9 Å². The van der Waals surface area contributed by atoms with Crippen molar-refractivity contribution in [3.8, 4) is 0 Å². The van der Waals surface area contributed by atoms with E-state index in [1.165, 1.54) is 0 Å². The van der Waals surface area contributed by atoms with Gasteiger partial charge in [-0.05, 0) is 13.5 Å². The van der Waals surface area contributed by atoms with Crippen molar-refractivity contribution in [1.29, 1.82) is 0 Å². The summed E-state index contributed by atoms with van der Waals surface area (Å²) in [5, 5.41) is 3.42. The first kappa shape index (κ1) is 12.7. The van der Waals surface area contributed by atoms with Crippen molar-refractivity contribution in [2.75, 3.05) is 26.2 Å². The Morgan fingerprint density at radius 2 is 2.08 bits per heavy atom. The molecule has 2 nitrogen and oxygen atoms in total. The standard InChI is InChI=1S/C11H24N2/c1-5-7-9-13(6-2)10-8-12-11(3)4/h5,7,11-12H,6,8-10H2,1-4H3/b7-5+. The maximum atomic E-state index is 3.42. The topological polar surface area (TPSA) is 15.3 Å². The van der Waals surface area contributed by atoms with Crippen LogP contribution in [-0.4, -0.2) is 37.1 Å². The Hall–Kier alpha value is -0.340. The maximum Gasteiger partial charge on any atom is 0.0163 e. The lowest BCUT2D eigenvalue weighted by molar-refractivity contribution is 0.313. The lowest BCUT2D eigenvalue weighted by Gasteiger charge is -2.19. The molecule has 0 unspecified atom stereocenters. The van der Waals surface area contributed by atoms with E-state index >= 15 is 0 Å². The van der Waals surface area contributed by atoms with Gasteiger partial charge >= 0.3 is 0 Å². The minimum Gasteiger partial charge on any atom is -0.313 e. The van der Waals surface area contributed by atoms with Gasteiger partial charge in [0.2, 0.25) is 0 Å². The highest BCUT2D eigenvalue weighted by Gasteiger charge is 1.99. The molecule has 78 valence electrons. The lowest BCUT2D eigenvalue weighted by Crippen LogP contribution is -2.34.